The van der Waals surface area contributed by atoms with Gasteiger partial charge in [-0.25, -0.2) is 14.3 Å². The Bertz CT molecular complexity index is 1040. The van der Waals surface area contributed by atoms with E-state index in [0.29, 0.717) is 30.5 Å². The maximum atomic E-state index is 13.3. The fourth-order valence-corrected chi connectivity index (χ4v) is 4.50. The fraction of sp³-hybridized carbons (Fsp3) is 0.727. The number of amides is 1. The highest BCUT2D eigenvalue weighted by molar-refractivity contribution is 5.77. The molecule has 2 aromatic rings. The molecule has 31 heavy (non-hydrogen) atoms. The van der Waals surface area contributed by atoms with Crippen molar-refractivity contribution in [2.75, 3.05) is 0 Å². The number of carbonyl (C=O) groups is 1. The van der Waals surface area contributed by atoms with Crippen molar-refractivity contribution in [1.29, 1.82) is 0 Å². The molecule has 0 aliphatic heterocycles. The van der Waals surface area contributed by atoms with Crippen LogP contribution in [0.1, 0.15) is 71.5 Å². The van der Waals surface area contributed by atoms with Gasteiger partial charge in [-0.3, -0.25) is 14.2 Å². The molecule has 3 rings (SSSR count). The molecular formula is C22H35N5O4. The van der Waals surface area contributed by atoms with Gasteiger partial charge >= 0.3 is 5.69 Å². The zero-order chi connectivity index (χ0) is 22.5. The van der Waals surface area contributed by atoms with Crippen molar-refractivity contribution in [3.8, 4) is 0 Å². The Morgan fingerprint density at radius 2 is 1.84 bits per heavy atom. The number of rotatable bonds is 9. The van der Waals surface area contributed by atoms with Crippen molar-refractivity contribution >= 4 is 17.1 Å². The van der Waals surface area contributed by atoms with E-state index < -0.39 is 11.2 Å². The Morgan fingerprint density at radius 3 is 2.48 bits per heavy atom. The third kappa shape index (κ3) is 4.76. The molecular weight excluding hydrogens is 398 g/mol. The summed E-state index contributed by atoms with van der Waals surface area (Å²) in [6, 6.07) is 0.0783. The van der Waals surface area contributed by atoms with Gasteiger partial charge in [0.25, 0.3) is 5.56 Å². The van der Waals surface area contributed by atoms with Gasteiger partial charge in [0, 0.05) is 19.1 Å². The molecule has 172 valence electrons. The van der Waals surface area contributed by atoms with Gasteiger partial charge in [-0.1, -0.05) is 40.0 Å². The van der Waals surface area contributed by atoms with Crippen LogP contribution in [0.4, 0.5) is 0 Å². The van der Waals surface area contributed by atoms with Crippen molar-refractivity contribution < 1.29 is 9.90 Å². The summed E-state index contributed by atoms with van der Waals surface area (Å²) >= 11 is 0. The lowest BCUT2D eigenvalue weighted by Crippen LogP contribution is -2.47. The number of aliphatic hydroxyl groups excluding tert-OH is 1. The number of fused-ring (bicyclic) bond motifs is 1. The summed E-state index contributed by atoms with van der Waals surface area (Å²) in [6.45, 7) is 6.38. The number of aryl methyl sites for hydroxylation is 2. The number of hydrogen-bond donors (Lipinski definition) is 2. The van der Waals surface area contributed by atoms with Crippen LogP contribution in [-0.2, 0) is 31.0 Å². The lowest BCUT2D eigenvalue weighted by Gasteiger charge is -2.29. The van der Waals surface area contributed by atoms with E-state index in [4.69, 9.17) is 0 Å². The minimum Gasteiger partial charge on any atom is -0.388 e. The van der Waals surface area contributed by atoms with Crippen LogP contribution >= 0.6 is 0 Å². The highest BCUT2D eigenvalue weighted by atomic mass is 16.3. The predicted octanol–water partition coefficient (Wildman–Crippen LogP) is 1.76. The van der Waals surface area contributed by atoms with Crippen LogP contribution in [-0.4, -0.2) is 35.7 Å². The Kier molecular flexibility index (Phi) is 7.69. The number of unbranched alkanes of at least 4 members (excludes halogenated alkanes) is 1. The molecule has 1 aliphatic carbocycles. The first-order chi connectivity index (χ1) is 14.9. The SMILES string of the molecule is CCCCn1c(=O)n(CC(=O)NC2CCCCC2C)c(=O)c2c1nc(CO)n2CCC. The van der Waals surface area contributed by atoms with E-state index >= 15 is 0 Å². The Balaban J connectivity index is 2.05. The van der Waals surface area contributed by atoms with Crippen LogP contribution in [0.15, 0.2) is 9.59 Å². The zero-order valence-corrected chi connectivity index (χ0v) is 18.9. The summed E-state index contributed by atoms with van der Waals surface area (Å²) in [5.41, 5.74) is -0.484. The molecule has 1 aliphatic rings. The minimum atomic E-state index is -0.528. The van der Waals surface area contributed by atoms with E-state index in [1.165, 1.54) is 11.0 Å². The van der Waals surface area contributed by atoms with Crippen LogP contribution in [0.25, 0.3) is 11.2 Å². The number of hydrogen-bond acceptors (Lipinski definition) is 5. The topological polar surface area (TPSA) is 111 Å². The van der Waals surface area contributed by atoms with E-state index in [2.05, 4.69) is 17.2 Å². The molecule has 0 radical (unpaired) electrons. The van der Waals surface area contributed by atoms with Crippen molar-refractivity contribution in [1.82, 2.24) is 24.0 Å². The second-order valence-electron chi connectivity index (χ2n) is 8.62. The largest absolute Gasteiger partial charge is 0.388 e. The van der Waals surface area contributed by atoms with Gasteiger partial charge in [-0.2, -0.15) is 0 Å². The molecule has 0 aromatic carbocycles. The van der Waals surface area contributed by atoms with Gasteiger partial charge in [-0.15, -0.1) is 0 Å². The average Bonchev–Trinajstić information content (AvgIpc) is 3.11. The number of nitrogens with zero attached hydrogens (tertiary/aromatic N) is 4. The minimum absolute atomic E-state index is 0.0783. The Labute approximate surface area is 182 Å². The lowest BCUT2D eigenvalue weighted by atomic mass is 9.86. The Morgan fingerprint density at radius 1 is 1.10 bits per heavy atom. The van der Waals surface area contributed by atoms with Crippen LogP contribution in [0.5, 0.6) is 0 Å². The van der Waals surface area contributed by atoms with Gasteiger partial charge in [0.15, 0.2) is 11.2 Å². The Hall–Kier alpha value is -2.42. The van der Waals surface area contributed by atoms with E-state index in [0.717, 1.165) is 43.1 Å². The van der Waals surface area contributed by atoms with Crippen LogP contribution < -0.4 is 16.6 Å². The molecule has 0 bridgehead atoms. The first kappa shape index (κ1) is 23.2. The molecule has 1 fully saturated rings. The molecule has 2 unspecified atom stereocenters. The number of imidazole rings is 1. The van der Waals surface area contributed by atoms with Gasteiger partial charge in [-0.05, 0) is 31.6 Å². The summed E-state index contributed by atoms with van der Waals surface area (Å²) < 4.78 is 4.18. The van der Waals surface area contributed by atoms with Crippen molar-refractivity contribution in [3.05, 3.63) is 26.7 Å². The van der Waals surface area contributed by atoms with Gasteiger partial charge in [0.05, 0.1) is 0 Å². The maximum Gasteiger partial charge on any atom is 0.333 e. The number of carbonyl (C=O) groups excluding carboxylic acids is 1. The van der Waals surface area contributed by atoms with Crippen molar-refractivity contribution in [3.63, 3.8) is 0 Å². The molecule has 2 atom stereocenters. The molecule has 2 aromatic heterocycles. The summed E-state index contributed by atoms with van der Waals surface area (Å²) in [6.07, 6.45) is 6.59. The molecule has 1 amide bonds. The standard InChI is InChI=1S/C22H35N5O4/c1-4-6-12-26-20-19(25(11-5-2)17(14-28)24-20)21(30)27(22(26)31)13-18(29)23-16-10-8-7-9-15(16)3/h15-16,28H,4-14H2,1-3H3,(H,23,29). The zero-order valence-electron chi connectivity index (χ0n) is 18.9. The monoisotopic (exact) mass is 433 g/mol. The normalized spacial score (nSPS) is 19.1. The number of nitrogens with one attached hydrogen (secondary N) is 1. The molecule has 9 heteroatoms. The first-order valence-electron chi connectivity index (χ1n) is 11.6. The van der Waals surface area contributed by atoms with Crippen LogP contribution in [0, 0.1) is 5.92 Å². The van der Waals surface area contributed by atoms with Gasteiger partial charge in [0.2, 0.25) is 5.91 Å². The maximum absolute atomic E-state index is 13.3. The van der Waals surface area contributed by atoms with E-state index in [9.17, 15) is 19.5 Å². The summed E-state index contributed by atoms with van der Waals surface area (Å²) in [7, 11) is 0. The average molecular weight is 434 g/mol. The van der Waals surface area contributed by atoms with Crippen LogP contribution in [0.2, 0.25) is 0 Å². The van der Waals surface area contributed by atoms with E-state index in [1.807, 2.05) is 13.8 Å². The second-order valence-corrected chi connectivity index (χ2v) is 8.62. The predicted molar refractivity (Wildman–Crippen MR) is 119 cm³/mol. The summed E-state index contributed by atoms with van der Waals surface area (Å²) in [4.78, 5) is 43.7. The van der Waals surface area contributed by atoms with E-state index in [-0.39, 0.29) is 30.6 Å². The third-order valence-corrected chi connectivity index (χ3v) is 6.28. The molecule has 2 N–H and O–H groups in total. The lowest BCUT2D eigenvalue weighted by molar-refractivity contribution is -0.123. The first-order valence-corrected chi connectivity index (χ1v) is 11.6. The molecule has 0 spiro atoms. The fourth-order valence-electron chi connectivity index (χ4n) is 4.50. The van der Waals surface area contributed by atoms with Gasteiger partial charge < -0.3 is 15.0 Å². The molecule has 0 saturated heterocycles. The highest BCUT2D eigenvalue weighted by Crippen LogP contribution is 2.23. The number of aliphatic hydroxyl groups is 1. The second kappa shape index (κ2) is 10.3. The van der Waals surface area contributed by atoms with Crippen LogP contribution in [0.3, 0.4) is 0 Å². The number of aromatic nitrogens is 4. The molecule has 9 nitrogen and oxygen atoms in total. The summed E-state index contributed by atoms with van der Waals surface area (Å²) in [5.74, 6) is 0.427. The van der Waals surface area contributed by atoms with Gasteiger partial charge in [0.1, 0.15) is 19.0 Å². The molecule has 1 saturated carbocycles. The quantitative estimate of drug-likeness (QED) is 0.626. The van der Waals surface area contributed by atoms with Crippen molar-refractivity contribution in [2.45, 2.75) is 98.0 Å². The molecule has 2 heterocycles. The smallest absolute Gasteiger partial charge is 0.333 e. The third-order valence-electron chi connectivity index (χ3n) is 6.28. The van der Waals surface area contributed by atoms with Crippen molar-refractivity contribution in [2.24, 2.45) is 5.92 Å². The highest BCUT2D eigenvalue weighted by Gasteiger charge is 2.25. The van der Waals surface area contributed by atoms with E-state index in [1.54, 1.807) is 4.57 Å². The summed E-state index contributed by atoms with van der Waals surface area (Å²) in [5, 5.41) is 12.8.